The highest BCUT2D eigenvalue weighted by molar-refractivity contribution is 6.30. The molecule has 3 rings (SSSR count). The molecule has 1 aliphatic carbocycles. The number of rotatable bonds is 3. The third kappa shape index (κ3) is 3.73. The molecule has 2 atom stereocenters. The third-order valence-corrected chi connectivity index (χ3v) is 5.57. The van der Waals surface area contributed by atoms with Crippen molar-refractivity contribution in [2.45, 2.75) is 45.1 Å². The van der Waals surface area contributed by atoms with Gasteiger partial charge in [0.05, 0.1) is 0 Å². The second-order valence-electron chi connectivity index (χ2n) is 6.60. The van der Waals surface area contributed by atoms with E-state index in [4.69, 9.17) is 11.6 Å². The fraction of sp³-hybridized carbons (Fsp3) is 0.667. The summed E-state index contributed by atoms with van der Waals surface area (Å²) in [5, 5.41) is 0.841. The van der Waals surface area contributed by atoms with Crippen LogP contribution in [0.15, 0.2) is 24.3 Å². The van der Waals surface area contributed by atoms with Gasteiger partial charge in [0.15, 0.2) is 0 Å². The Morgan fingerprint density at radius 2 is 1.95 bits per heavy atom. The Hall–Kier alpha value is -0.730. The Bertz CT molecular complexity index is 454. The summed E-state index contributed by atoms with van der Waals surface area (Å²) in [4.78, 5) is 5.21. The van der Waals surface area contributed by atoms with Gasteiger partial charge in [0.1, 0.15) is 0 Å². The van der Waals surface area contributed by atoms with E-state index in [2.05, 4.69) is 34.9 Å². The molecule has 1 saturated heterocycles. The van der Waals surface area contributed by atoms with E-state index in [0.29, 0.717) is 0 Å². The van der Waals surface area contributed by atoms with E-state index in [0.717, 1.165) is 30.1 Å². The van der Waals surface area contributed by atoms with Gasteiger partial charge in [-0.15, -0.1) is 0 Å². The zero-order valence-electron chi connectivity index (χ0n) is 13.1. The van der Waals surface area contributed by atoms with Gasteiger partial charge in [0.2, 0.25) is 0 Å². The van der Waals surface area contributed by atoms with Crippen LogP contribution < -0.4 is 4.90 Å². The first-order chi connectivity index (χ1) is 10.3. The summed E-state index contributed by atoms with van der Waals surface area (Å²) in [6, 6.07) is 9.11. The molecule has 0 amide bonds. The molecule has 0 N–H and O–H groups in total. The smallest absolute Gasteiger partial charge is 0.0426 e. The molecule has 116 valence electrons. The van der Waals surface area contributed by atoms with Crippen molar-refractivity contribution in [2.24, 2.45) is 5.92 Å². The second kappa shape index (κ2) is 7.02. The van der Waals surface area contributed by atoms with E-state index in [-0.39, 0.29) is 0 Å². The van der Waals surface area contributed by atoms with E-state index < -0.39 is 0 Å². The molecule has 1 aromatic rings. The standard InChI is InChI=1S/C18H27ClN2/c1-2-15-5-3-7-17(13-15)20-9-11-21(12-10-20)18-8-4-6-16(19)14-18/h4,6,8,14-15,17H,2-3,5,7,9-13H2,1H3. The average molecular weight is 307 g/mol. The molecule has 3 heteroatoms. The Kier molecular flexibility index (Phi) is 5.07. The highest BCUT2D eigenvalue weighted by Gasteiger charge is 2.28. The van der Waals surface area contributed by atoms with Gasteiger partial charge in [-0.1, -0.05) is 43.9 Å². The summed E-state index contributed by atoms with van der Waals surface area (Å²) in [5.74, 6) is 0.967. The van der Waals surface area contributed by atoms with Gasteiger partial charge in [0.25, 0.3) is 0 Å². The summed E-state index contributed by atoms with van der Waals surface area (Å²) in [6.07, 6.45) is 7.08. The molecule has 1 aliphatic heterocycles. The lowest BCUT2D eigenvalue weighted by Gasteiger charge is -2.43. The molecular formula is C18H27ClN2. The minimum Gasteiger partial charge on any atom is -0.369 e. The molecule has 0 aromatic heterocycles. The van der Waals surface area contributed by atoms with E-state index in [9.17, 15) is 0 Å². The summed E-state index contributed by atoms with van der Waals surface area (Å²) in [6.45, 7) is 7.02. The average Bonchev–Trinajstić information content (AvgIpc) is 2.55. The molecule has 2 unspecified atom stereocenters. The molecule has 2 aliphatic rings. The number of hydrogen-bond donors (Lipinski definition) is 0. The number of hydrogen-bond acceptors (Lipinski definition) is 2. The maximum atomic E-state index is 6.11. The van der Waals surface area contributed by atoms with Gasteiger partial charge in [-0.25, -0.2) is 0 Å². The maximum absolute atomic E-state index is 6.11. The Morgan fingerprint density at radius 3 is 2.67 bits per heavy atom. The maximum Gasteiger partial charge on any atom is 0.0426 e. The van der Waals surface area contributed by atoms with E-state index in [1.165, 1.54) is 50.9 Å². The van der Waals surface area contributed by atoms with E-state index in [1.807, 2.05) is 6.07 Å². The lowest BCUT2D eigenvalue weighted by molar-refractivity contribution is 0.122. The molecule has 2 nitrogen and oxygen atoms in total. The van der Waals surface area contributed by atoms with Crippen LogP contribution in [0.1, 0.15) is 39.0 Å². The van der Waals surface area contributed by atoms with Crippen LogP contribution in [-0.4, -0.2) is 37.1 Å². The van der Waals surface area contributed by atoms with Crippen LogP contribution in [0.4, 0.5) is 5.69 Å². The van der Waals surface area contributed by atoms with Crippen molar-refractivity contribution in [1.82, 2.24) is 4.90 Å². The normalized spacial score (nSPS) is 27.8. The predicted octanol–water partition coefficient (Wildman–Crippen LogP) is 4.43. The number of anilines is 1. The van der Waals surface area contributed by atoms with E-state index >= 15 is 0 Å². The molecule has 0 radical (unpaired) electrons. The van der Waals surface area contributed by atoms with E-state index in [1.54, 1.807) is 0 Å². The number of halogens is 1. The van der Waals surface area contributed by atoms with Crippen LogP contribution >= 0.6 is 11.6 Å². The topological polar surface area (TPSA) is 6.48 Å². The molecule has 1 aromatic carbocycles. The van der Waals surface area contributed by atoms with Crippen molar-refractivity contribution in [3.8, 4) is 0 Å². The molecule has 2 fully saturated rings. The first kappa shape index (κ1) is 15.2. The zero-order valence-corrected chi connectivity index (χ0v) is 13.9. The lowest BCUT2D eigenvalue weighted by atomic mass is 9.83. The van der Waals surface area contributed by atoms with Gasteiger partial charge < -0.3 is 4.90 Å². The van der Waals surface area contributed by atoms with Crippen molar-refractivity contribution >= 4 is 17.3 Å². The fourth-order valence-electron chi connectivity index (χ4n) is 3.98. The second-order valence-corrected chi connectivity index (χ2v) is 7.03. The van der Waals surface area contributed by atoms with Gasteiger partial charge in [-0.05, 0) is 37.0 Å². The lowest BCUT2D eigenvalue weighted by Crippen LogP contribution is -2.51. The van der Waals surface area contributed by atoms with Crippen LogP contribution in [0, 0.1) is 5.92 Å². The Labute approximate surface area is 134 Å². The summed E-state index contributed by atoms with van der Waals surface area (Å²) < 4.78 is 0. The predicted molar refractivity (Wildman–Crippen MR) is 91.3 cm³/mol. The minimum atomic E-state index is 0.838. The highest BCUT2D eigenvalue weighted by Crippen LogP contribution is 2.30. The highest BCUT2D eigenvalue weighted by atomic mass is 35.5. The molecular weight excluding hydrogens is 280 g/mol. The van der Waals surface area contributed by atoms with Crippen molar-refractivity contribution < 1.29 is 0 Å². The Morgan fingerprint density at radius 1 is 1.14 bits per heavy atom. The van der Waals surface area contributed by atoms with Crippen molar-refractivity contribution in [3.05, 3.63) is 29.3 Å². The van der Waals surface area contributed by atoms with Crippen molar-refractivity contribution in [1.29, 1.82) is 0 Å². The minimum absolute atomic E-state index is 0.838. The van der Waals surface area contributed by atoms with Crippen molar-refractivity contribution in [3.63, 3.8) is 0 Å². The first-order valence-corrected chi connectivity index (χ1v) is 8.88. The van der Waals surface area contributed by atoms with Crippen LogP contribution in [0.3, 0.4) is 0 Å². The van der Waals surface area contributed by atoms with Gasteiger partial charge >= 0.3 is 0 Å². The summed E-state index contributed by atoms with van der Waals surface area (Å²) in [5.41, 5.74) is 1.28. The molecule has 0 bridgehead atoms. The van der Waals surface area contributed by atoms with Crippen LogP contribution in [0.25, 0.3) is 0 Å². The number of benzene rings is 1. The zero-order chi connectivity index (χ0) is 14.7. The van der Waals surface area contributed by atoms with Crippen molar-refractivity contribution in [2.75, 3.05) is 31.1 Å². The summed E-state index contributed by atoms with van der Waals surface area (Å²) in [7, 11) is 0. The summed E-state index contributed by atoms with van der Waals surface area (Å²) >= 11 is 6.11. The van der Waals surface area contributed by atoms with Gasteiger partial charge in [-0.3, -0.25) is 4.90 Å². The number of nitrogens with zero attached hydrogens (tertiary/aromatic N) is 2. The van der Waals surface area contributed by atoms with Crippen LogP contribution in [-0.2, 0) is 0 Å². The van der Waals surface area contributed by atoms with Crippen LogP contribution in [0.2, 0.25) is 5.02 Å². The van der Waals surface area contributed by atoms with Gasteiger partial charge in [-0.2, -0.15) is 0 Å². The third-order valence-electron chi connectivity index (χ3n) is 5.34. The molecule has 21 heavy (non-hydrogen) atoms. The first-order valence-electron chi connectivity index (χ1n) is 8.51. The fourth-order valence-corrected chi connectivity index (χ4v) is 4.17. The monoisotopic (exact) mass is 306 g/mol. The quantitative estimate of drug-likeness (QED) is 0.815. The SMILES string of the molecule is CCC1CCCC(N2CCN(c3cccc(Cl)c3)CC2)C1. The van der Waals surface area contributed by atoms with Crippen LogP contribution in [0.5, 0.6) is 0 Å². The largest absolute Gasteiger partial charge is 0.369 e. The van der Waals surface area contributed by atoms with Gasteiger partial charge in [0, 0.05) is 42.9 Å². The number of piperazine rings is 1. The molecule has 1 saturated carbocycles. The molecule has 0 spiro atoms. The molecule has 1 heterocycles. The Balaban J connectivity index is 1.55.